The zero-order chi connectivity index (χ0) is 12.1. The van der Waals surface area contributed by atoms with Crippen LogP contribution in [0.5, 0.6) is 0 Å². The van der Waals surface area contributed by atoms with E-state index in [1.807, 2.05) is 0 Å². The first-order valence-electron chi connectivity index (χ1n) is 6.13. The minimum atomic E-state index is 0.172. The molecule has 0 heterocycles. The maximum absolute atomic E-state index is 6.27. The largest absolute Gasteiger partial charge is 0.378 e. The summed E-state index contributed by atoms with van der Waals surface area (Å²) in [6.07, 6.45) is 2.29. The Morgan fingerprint density at radius 3 is 1.94 bits per heavy atom. The second-order valence-corrected chi connectivity index (χ2v) is 4.59. The SMILES string of the molecule is CCC(CC)C(N)c1ccc(N(C)C)cc1. The Hall–Kier alpha value is -1.02. The van der Waals surface area contributed by atoms with E-state index in [0.717, 1.165) is 12.8 Å². The summed E-state index contributed by atoms with van der Waals surface area (Å²) in [5.74, 6) is 0.588. The molecule has 0 bridgehead atoms. The lowest BCUT2D eigenvalue weighted by Crippen LogP contribution is -2.20. The van der Waals surface area contributed by atoms with Crippen LogP contribution in [-0.2, 0) is 0 Å². The number of benzene rings is 1. The van der Waals surface area contributed by atoms with Crippen molar-refractivity contribution in [3.63, 3.8) is 0 Å². The summed E-state index contributed by atoms with van der Waals surface area (Å²) in [5.41, 5.74) is 8.74. The molecule has 2 nitrogen and oxygen atoms in total. The number of nitrogens with zero attached hydrogens (tertiary/aromatic N) is 1. The fourth-order valence-corrected chi connectivity index (χ4v) is 2.06. The van der Waals surface area contributed by atoms with Gasteiger partial charge in [0.15, 0.2) is 0 Å². The monoisotopic (exact) mass is 220 g/mol. The quantitative estimate of drug-likeness (QED) is 0.825. The van der Waals surface area contributed by atoms with E-state index in [0.29, 0.717) is 5.92 Å². The highest BCUT2D eigenvalue weighted by molar-refractivity contribution is 5.46. The lowest BCUT2D eigenvalue weighted by atomic mass is 9.89. The van der Waals surface area contributed by atoms with Gasteiger partial charge in [0.2, 0.25) is 0 Å². The van der Waals surface area contributed by atoms with Gasteiger partial charge in [-0.05, 0) is 23.6 Å². The molecule has 0 spiro atoms. The molecule has 2 heteroatoms. The zero-order valence-corrected chi connectivity index (χ0v) is 10.9. The van der Waals surface area contributed by atoms with Gasteiger partial charge < -0.3 is 10.6 Å². The van der Waals surface area contributed by atoms with Crippen molar-refractivity contribution >= 4 is 5.69 Å². The molecular weight excluding hydrogens is 196 g/mol. The number of hydrogen-bond donors (Lipinski definition) is 1. The Kier molecular flexibility index (Phi) is 4.81. The van der Waals surface area contributed by atoms with Crippen LogP contribution >= 0.6 is 0 Å². The molecular formula is C14H24N2. The van der Waals surface area contributed by atoms with Crippen LogP contribution in [0.2, 0.25) is 0 Å². The van der Waals surface area contributed by atoms with Gasteiger partial charge in [-0.2, -0.15) is 0 Å². The second kappa shape index (κ2) is 5.90. The third-order valence-electron chi connectivity index (χ3n) is 3.35. The average Bonchev–Trinajstić information content (AvgIpc) is 2.30. The average molecular weight is 220 g/mol. The van der Waals surface area contributed by atoms with Gasteiger partial charge in [0, 0.05) is 25.8 Å². The van der Waals surface area contributed by atoms with E-state index in [-0.39, 0.29) is 6.04 Å². The molecule has 0 saturated heterocycles. The fraction of sp³-hybridized carbons (Fsp3) is 0.571. The number of hydrogen-bond acceptors (Lipinski definition) is 2. The maximum atomic E-state index is 6.27. The van der Waals surface area contributed by atoms with Crippen LogP contribution in [0, 0.1) is 5.92 Å². The molecule has 0 saturated carbocycles. The number of nitrogens with two attached hydrogens (primary N) is 1. The van der Waals surface area contributed by atoms with Gasteiger partial charge in [-0.3, -0.25) is 0 Å². The van der Waals surface area contributed by atoms with Gasteiger partial charge in [-0.1, -0.05) is 38.8 Å². The molecule has 0 aliphatic carbocycles. The predicted molar refractivity (Wildman–Crippen MR) is 71.8 cm³/mol. The molecule has 1 aromatic rings. The van der Waals surface area contributed by atoms with Gasteiger partial charge in [0.05, 0.1) is 0 Å². The van der Waals surface area contributed by atoms with Gasteiger partial charge >= 0.3 is 0 Å². The molecule has 1 atom stereocenters. The van der Waals surface area contributed by atoms with Crippen molar-refractivity contribution in [2.24, 2.45) is 11.7 Å². The van der Waals surface area contributed by atoms with Crippen LogP contribution in [0.3, 0.4) is 0 Å². The van der Waals surface area contributed by atoms with Crippen LogP contribution in [-0.4, -0.2) is 14.1 Å². The van der Waals surface area contributed by atoms with Crippen molar-refractivity contribution in [2.45, 2.75) is 32.7 Å². The Labute approximate surface area is 99.5 Å². The van der Waals surface area contributed by atoms with Gasteiger partial charge in [-0.15, -0.1) is 0 Å². The van der Waals surface area contributed by atoms with Crippen LogP contribution in [0.4, 0.5) is 5.69 Å². The normalized spacial score (nSPS) is 12.9. The highest BCUT2D eigenvalue weighted by Gasteiger charge is 2.15. The molecule has 16 heavy (non-hydrogen) atoms. The first-order chi connectivity index (χ1) is 7.60. The van der Waals surface area contributed by atoms with Crippen LogP contribution in [0.1, 0.15) is 38.3 Å². The lowest BCUT2D eigenvalue weighted by Gasteiger charge is -2.22. The first-order valence-corrected chi connectivity index (χ1v) is 6.13. The summed E-state index contributed by atoms with van der Waals surface area (Å²) in [6, 6.07) is 8.75. The molecule has 0 aliphatic rings. The topological polar surface area (TPSA) is 29.3 Å². The highest BCUT2D eigenvalue weighted by atomic mass is 15.1. The Bertz CT molecular complexity index is 299. The van der Waals surface area contributed by atoms with E-state index in [4.69, 9.17) is 5.73 Å². The van der Waals surface area contributed by atoms with Crippen LogP contribution < -0.4 is 10.6 Å². The van der Waals surface area contributed by atoms with Crippen molar-refractivity contribution in [3.05, 3.63) is 29.8 Å². The molecule has 0 fully saturated rings. The minimum absolute atomic E-state index is 0.172. The molecule has 1 unspecified atom stereocenters. The molecule has 1 aromatic carbocycles. The number of anilines is 1. The summed E-state index contributed by atoms with van der Waals surface area (Å²) >= 11 is 0. The van der Waals surface area contributed by atoms with Crippen LogP contribution in [0.15, 0.2) is 24.3 Å². The lowest BCUT2D eigenvalue weighted by molar-refractivity contribution is 0.405. The second-order valence-electron chi connectivity index (χ2n) is 4.59. The third-order valence-corrected chi connectivity index (χ3v) is 3.35. The summed E-state index contributed by atoms with van der Waals surface area (Å²) in [6.45, 7) is 4.42. The molecule has 0 aliphatic heterocycles. The van der Waals surface area contributed by atoms with Crippen molar-refractivity contribution in [1.82, 2.24) is 0 Å². The van der Waals surface area contributed by atoms with E-state index in [1.165, 1.54) is 11.3 Å². The summed E-state index contributed by atoms with van der Waals surface area (Å²) < 4.78 is 0. The third kappa shape index (κ3) is 2.99. The van der Waals surface area contributed by atoms with E-state index in [9.17, 15) is 0 Å². The van der Waals surface area contributed by atoms with Crippen molar-refractivity contribution in [1.29, 1.82) is 0 Å². The number of rotatable bonds is 5. The zero-order valence-electron chi connectivity index (χ0n) is 10.9. The minimum Gasteiger partial charge on any atom is -0.378 e. The smallest absolute Gasteiger partial charge is 0.0361 e. The van der Waals surface area contributed by atoms with Crippen molar-refractivity contribution < 1.29 is 0 Å². The van der Waals surface area contributed by atoms with Crippen molar-refractivity contribution in [3.8, 4) is 0 Å². The van der Waals surface area contributed by atoms with E-state index < -0.39 is 0 Å². The molecule has 0 amide bonds. The molecule has 90 valence electrons. The Balaban J connectivity index is 2.80. The van der Waals surface area contributed by atoms with Gasteiger partial charge in [0.1, 0.15) is 0 Å². The summed E-state index contributed by atoms with van der Waals surface area (Å²) in [5, 5.41) is 0. The maximum Gasteiger partial charge on any atom is 0.0361 e. The molecule has 2 N–H and O–H groups in total. The summed E-state index contributed by atoms with van der Waals surface area (Å²) in [4.78, 5) is 2.10. The van der Waals surface area contributed by atoms with Gasteiger partial charge in [0.25, 0.3) is 0 Å². The standard InChI is InChI=1S/C14H24N2/c1-5-11(6-2)14(15)12-7-9-13(10-8-12)16(3)4/h7-11,14H,5-6,15H2,1-4H3. The summed E-state index contributed by atoms with van der Waals surface area (Å²) in [7, 11) is 4.10. The van der Waals surface area contributed by atoms with E-state index >= 15 is 0 Å². The Morgan fingerprint density at radius 2 is 1.56 bits per heavy atom. The Morgan fingerprint density at radius 1 is 1.06 bits per heavy atom. The van der Waals surface area contributed by atoms with Crippen LogP contribution in [0.25, 0.3) is 0 Å². The van der Waals surface area contributed by atoms with E-state index in [2.05, 4.69) is 57.1 Å². The fourth-order valence-electron chi connectivity index (χ4n) is 2.06. The molecule has 0 radical (unpaired) electrons. The van der Waals surface area contributed by atoms with Crippen molar-refractivity contribution in [2.75, 3.05) is 19.0 Å². The first kappa shape index (κ1) is 13.0. The molecule has 1 rings (SSSR count). The molecule has 0 aromatic heterocycles. The highest BCUT2D eigenvalue weighted by Crippen LogP contribution is 2.26. The van der Waals surface area contributed by atoms with Gasteiger partial charge in [-0.25, -0.2) is 0 Å². The van der Waals surface area contributed by atoms with E-state index in [1.54, 1.807) is 0 Å². The predicted octanol–water partition coefficient (Wildman–Crippen LogP) is 3.19.